The molecule has 0 amide bonds. The van der Waals surface area contributed by atoms with Crippen molar-refractivity contribution in [1.29, 1.82) is 5.26 Å². The van der Waals surface area contributed by atoms with Crippen LogP contribution < -0.4 is 5.32 Å². The summed E-state index contributed by atoms with van der Waals surface area (Å²) in [6.45, 7) is 0.596. The van der Waals surface area contributed by atoms with Crippen LogP contribution in [-0.4, -0.2) is 22.2 Å². The summed E-state index contributed by atoms with van der Waals surface area (Å²) in [6, 6.07) is 5.95. The Hall–Kier alpha value is -1.44. The molecule has 0 radical (unpaired) electrons. The summed E-state index contributed by atoms with van der Waals surface area (Å²) in [5.74, 6) is 0. The van der Waals surface area contributed by atoms with Gasteiger partial charge >= 0.3 is 0 Å². The molecule has 0 aliphatic heterocycles. The molecule has 0 aromatic carbocycles. The molecule has 2 unspecified atom stereocenters. The Balaban J connectivity index is 1.95. The minimum atomic E-state index is -0.258. The monoisotopic (exact) mass is 231 g/mol. The van der Waals surface area contributed by atoms with Crippen molar-refractivity contribution in [2.45, 2.75) is 44.4 Å². The average molecular weight is 231 g/mol. The second-order valence-electron chi connectivity index (χ2n) is 4.46. The Labute approximate surface area is 101 Å². The van der Waals surface area contributed by atoms with Gasteiger partial charge in [0.2, 0.25) is 0 Å². The maximum absolute atomic E-state index is 9.83. The maximum Gasteiger partial charge on any atom is 0.144 e. The Morgan fingerprint density at radius 2 is 2.29 bits per heavy atom. The molecule has 4 heteroatoms. The molecule has 17 heavy (non-hydrogen) atoms. The van der Waals surface area contributed by atoms with E-state index in [0.29, 0.717) is 12.2 Å². The molecule has 1 aromatic heterocycles. The highest BCUT2D eigenvalue weighted by Crippen LogP contribution is 2.18. The first kappa shape index (κ1) is 12.0. The van der Waals surface area contributed by atoms with Crippen molar-refractivity contribution >= 4 is 0 Å². The second-order valence-corrected chi connectivity index (χ2v) is 4.46. The number of hydrogen-bond donors (Lipinski definition) is 2. The van der Waals surface area contributed by atoms with E-state index in [-0.39, 0.29) is 12.1 Å². The van der Waals surface area contributed by atoms with Gasteiger partial charge in [-0.15, -0.1) is 0 Å². The number of nitrogens with one attached hydrogen (secondary N) is 1. The highest BCUT2D eigenvalue weighted by molar-refractivity contribution is 5.30. The van der Waals surface area contributed by atoms with Crippen LogP contribution in [-0.2, 0) is 6.54 Å². The van der Waals surface area contributed by atoms with Gasteiger partial charge in [0.15, 0.2) is 0 Å². The predicted molar refractivity (Wildman–Crippen MR) is 64.1 cm³/mol. The summed E-state index contributed by atoms with van der Waals surface area (Å²) in [7, 11) is 0. The molecule has 1 fully saturated rings. The fourth-order valence-corrected chi connectivity index (χ4v) is 2.27. The minimum Gasteiger partial charge on any atom is -0.392 e. The molecule has 0 bridgehead atoms. The number of aliphatic hydroxyl groups excluding tert-OH is 1. The molecule has 1 aromatic rings. The Kier molecular flexibility index (Phi) is 4.08. The Bertz CT molecular complexity index is 413. The number of rotatable bonds is 3. The number of aliphatic hydroxyl groups is 1. The quantitative estimate of drug-likeness (QED) is 0.823. The van der Waals surface area contributed by atoms with Crippen molar-refractivity contribution in [3.8, 4) is 6.07 Å². The van der Waals surface area contributed by atoms with Gasteiger partial charge in [-0.3, -0.25) is 0 Å². The Morgan fingerprint density at radius 3 is 3.06 bits per heavy atom. The first-order valence-corrected chi connectivity index (χ1v) is 6.06. The molecule has 90 valence electrons. The summed E-state index contributed by atoms with van der Waals surface area (Å²) in [6.07, 6.45) is 5.50. The number of aromatic nitrogens is 1. The van der Waals surface area contributed by atoms with Crippen LogP contribution in [0.4, 0.5) is 0 Å². The summed E-state index contributed by atoms with van der Waals surface area (Å²) in [5, 5.41) is 22.1. The van der Waals surface area contributed by atoms with Crippen molar-refractivity contribution in [3.63, 3.8) is 0 Å². The highest BCUT2D eigenvalue weighted by Gasteiger charge is 2.22. The van der Waals surface area contributed by atoms with E-state index in [1.807, 2.05) is 12.1 Å². The molecule has 0 spiro atoms. The lowest BCUT2D eigenvalue weighted by Crippen LogP contribution is -2.41. The number of hydrogen-bond acceptors (Lipinski definition) is 4. The van der Waals surface area contributed by atoms with Crippen LogP contribution in [0.3, 0.4) is 0 Å². The van der Waals surface area contributed by atoms with Crippen LogP contribution in [0.1, 0.15) is 36.9 Å². The van der Waals surface area contributed by atoms with Crippen molar-refractivity contribution in [3.05, 3.63) is 29.6 Å². The first-order valence-electron chi connectivity index (χ1n) is 6.06. The third-order valence-electron chi connectivity index (χ3n) is 3.28. The fourth-order valence-electron chi connectivity index (χ4n) is 2.27. The lowest BCUT2D eigenvalue weighted by molar-refractivity contribution is 0.0902. The van der Waals surface area contributed by atoms with Crippen molar-refractivity contribution in [1.82, 2.24) is 10.3 Å². The lowest BCUT2D eigenvalue weighted by atomic mass is 9.92. The van der Waals surface area contributed by atoms with E-state index in [1.165, 1.54) is 0 Å². The molecule has 1 aliphatic carbocycles. The van der Waals surface area contributed by atoms with E-state index in [1.54, 1.807) is 6.20 Å². The zero-order chi connectivity index (χ0) is 12.1. The van der Waals surface area contributed by atoms with E-state index in [4.69, 9.17) is 5.26 Å². The average Bonchev–Trinajstić information content (AvgIpc) is 2.38. The smallest absolute Gasteiger partial charge is 0.144 e. The SMILES string of the molecule is N#Cc1ncccc1CNC1CCCCC1O. The third kappa shape index (κ3) is 3.02. The summed E-state index contributed by atoms with van der Waals surface area (Å²) < 4.78 is 0. The third-order valence-corrected chi connectivity index (χ3v) is 3.28. The molecule has 2 rings (SSSR count). The van der Waals surface area contributed by atoms with Gasteiger partial charge in [0, 0.05) is 24.3 Å². The van der Waals surface area contributed by atoms with Gasteiger partial charge in [-0.25, -0.2) is 4.98 Å². The number of nitrogens with zero attached hydrogens (tertiary/aromatic N) is 2. The molecule has 1 heterocycles. The van der Waals surface area contributed by atoms with E-state index < -0.39 is 0 Å². The standard InChI is InChI=1S/C13H17N3O/c14-8-12-10(4-3-7-15-12)9-16-11-5-1-2-6-13(11)17/h3-4,7,11,13,16-17H,1-2,5-6,9H2. The molecule has 2 atom stereocenters. The van der Waals surface area contributed by atoms with Crippen molar-refractivity contribution < 1.29 is 5.11 Å². The van der Waals surface area contributed by atoms with Crippen molar-refractivity contribution in [2.24, 2.45) is 0 Å². The van der Waals surface area contributed by atoms with Crippen LogP contribution >= 0.6 is 0 Å². The van der Waals surface area contributed by atoms with Gasteiger partial charge in [0.1, 0.15) is 11.8 Å². The zero-order valence-electron chi connectivity index (χ0n) is 9.76. The van der Waals surface area contributed by atoms with Crippen LogP contribution in [0.15, 0.2) is 18.3 Å². The normalized spacial score (nSPS) is 24.2. The lowest BCUT2D eigenvalue weighted by Gasteiger charge is -2.28. The zero-order valence-corrected chi connectivity index (χ0v) is 9.76. The van der Waals surface area contributed by atoms with Gasteiger partial charge in [0.05, 0.1) is 6.10 Å². The largest absolute Gasteiger partial charge is 0.392 e. The summed E-state index contributed by atoms with van der Waals surface area (Å²) in [5.41, 5.74) is 1.36. The van der Waals surface area contributed by atoms with Gasteiger partial charge in [-0.1, -0.05) is 18.9 Å². The summed E-state index contributed by atoms with van der Waals surface area (Å²) in [4.78, 5) is 4.02. The van der Waals surface area contributed by atoms with Gasteiger partial charge in [-0.05, 0) is 18.9 Å². The molecule has 1 aliphatic rings. The fraction of sp³-hybridized carbons (Fsp3) is 0.538. The van der Waals surface area contributed by atoms with Gasteiger partial charge < -0.3 is 10.4 Å². The summed E-state index contributed by atoms with van der Waals surface area (Å²) >= 11 is 0. The molecule has 2 N–H and O–H groups in total. The number of pyridine rings is 1. The van der Waals surface area contributed by atoms with Crippen LogP contribution in [0, 0.1) is 11.3 Å². The maximum atomic E-state index is 9.83. The highest BCUT2D eigenvalue weighted by atomic mass is 16.3. The molecule has 1 saturated carbocycles. The molecule has 4 nitrogen and oxygen atoms in total. The van der Waals surface area contributed by atoms with E-state index in [9.17, 15) is 5.11 Å². The first-order chi connectivity index (χ1) is 8.31. The van der Waals surface area contributed by atoms with Crippen LogP contribution in [0.2, 0.25) is 0 Å². The van der Waals surface area contributed by atoms with E-state index in [2.05, 4.69) is 16.4 Å². The second kappa shape index (κ2) is 5.76. The predicted octanol–water partition coefficient (Wildman–Crippen LogP) is 1.35. The molecule has 0 saturated heterocycles. The molecular weight excluding hydrogens is 214 g/mol. The van der Waals surface area contributed by atoms with E-state index in [0.717, 1.165) is 31.2 Å². The minimum absolute atomic E-state index is 0.149. The molecular formula is C13H17N3O. The Morgan fingerprint density at radius 1 is 1.47 bits per heavy atom. The number of nitriles is 1. The van der Waals surface area contributed by atoms with Gasteiger partial charge in [-0.2, -0.15) is 5.26 Å². The topological polar surface area (TPSA) is 68.9 Å². The van der Waals surface area contributed by atoms with Crippen LogP contribution in [0.5, 0.6) is 0 Å². The van der Waals surface area contributed by atoms with E-state index >= 15 is 0 Å². The van der Waals surface area contributed by atoms with Crippen molar-refractivity contribution in [2.75, 3.05) is 0 Å². The van der Waals surface area contributed by atoms with Crippen LogP contribution in [0.25, 0.3) is 0 Å². The van der Waals surface area contributed by atoms with Gasteiger partial charge in [0.25, 0.3) is 0 Å².